The summed E-state index contributed by atoms with van der Waals surface area (Å²) in [6.45, 7) is 2.42. The lowest BCUT2D eigenvalue weighted by molar-refractivity contribution is -0.116. The number of carbonyl (C=O) groups is 3. The number of halogens is 1. The van der Waals surface area contributed by atoms with Crippen LogP contribution in [-0.2, 0) is 27.3 Å². The van der Waals surface area contributed by atoms with Crippen LogP contribution in [0.3, 0.4) is 0 Å². The molecule has 0 saturated carbocycles. The Bertz CT molecular complexity index is 1230. The molecule has 0 bridgehead atoms. The fourth-order valence-electron chi connectivity index (χ4n) is 3.11. The van der Waals surface area contributed by atoms with Crippen molar-refractivity contribution in [3.8, 4) is 5.75 Å². The standard InChI is InChI=1S/C23H24ClN5O5S/c1-4-29-19(12-20(30)25-15-6-5-7-16(11-15)33-2)27-28-23(29)35-13-21(31)26-18-10-14(22(32)34-3)8-9-17(18)24/h5-11H,4,12-13H2,1-3H3,(H,25,30)(H,26,31). The molecule has 35 heavy (non-hydrogen) atoms. The van der Waals surface area contributed by atoms with Gasteiger partial charge in [0.2, 0.25) is 11.8 Å². The highest BCUT2D eigenvalue weighted by Gasteiger charge is 2.17. The smallest absolute Gasteiger partial charge is 0.337 e. The number of nitrogens with zero attached hydrogens (tertiary/aromatic N) is 3. The van der Waals surface area contributed by atoms with E-state index in [-0.39, 0.29) is 34.6 Å². The Morgan fingerprint density at radius 3 is 2.57 bits per heavy atom. The van der Waals surface area contributed by atoms with E-state index in [0.29, 0.717) is 34.6 Å². The van der Waals surface area contributed by atoms with Gasteiger partial charge in [0.15, 0.2) is 5.16 Å². The van der Waals surface area contributed by atoms with E-state index in [1.54, 1.807) is 35.9 Å². The van der Waals surface area contributed by atoms with E-state index in [0.717, 1.165) is 0 Å². The Balaban J connectivity index is 1.60. The van der Waals surface area contributed by atoms with Crippen LogP contribution in [0.5, 0.6) is 5.75 Å². The lowest BCUT2D eigenvalue weighted by Crippen LogP contribution is -2.18. The van der Waals surface area contributed by atoms with E-state index < -0.39 is 5.97 Å². The minimum absolute atomic E-state index is 0.0146. The molecular formula is C23H24ClN5O5S. The fraction of sp³-hybridized carbons (Fsp3) is 0.261. The number of esters is 1. The maximum Gasteiger partial charge on any atom is 0.337 e. The molecule has 0 fully saturated rings. The van der Waals surface area contributed by atoms with Crippen molar-refractivity contribution in [3.05, 3.63) is 58.9 Å². The Labute approximate surface area is 211 Å². The van der Waals surface area contributed by atoms with Gasteiger partial charge < -0.3 is 24.7 Å². The zero-order chi connectivity index (χ0) is 25.4. The molecule has 3 rings (SSSR count). The van der Waals surface area contributed by atoms with Crippen LogP contribution < -0.4 is 15.4 Å². The monoisotopic (exact) mass is 517 g/mol. The van der Waals surface area contributed by atoms with Gasteiger partial charge in [-0.05, 0) is 37.3 Å². The van der Waals surface area contributed by atoms with Crippen LogP contribution in [-0.4, -0.2) is 52.5 Å². The van der Waals surface area contributed by atoms with Gasteiger partial charge >= 0.3 is 5.97 Å². The normalized spacial score (nSPS) is 10.5. The predicted octanol–water partition coefficient (Wildman–Crippen LogP) is 3.66. The quantitative estimate of drug-likeness (QED) is 0.308. The highest BCUT2D eigenvalue weighted by Crippen LogP contribution is 2.25. The highest BCUT2D eigenvalue weighted by atomic mass is 35.5. The molecule has 1 heterocycles. The highest BCUT2D eigenvalue weighted by molar-refractivity contribution is 7.99. The van der Waals surface area contributed by atoms with Crippen molar-refractivity contribution in [1.82, 2.24) is 14.8 Å². The second-order valence-electron chi connectivity index (χ2n) is 7.12. The van der Waals surface area contributed by atoms with Gasteiger partial charge in [0, 0.05) is 18.3 Å². The van der Waals surface area contributed by atoms with E-state index in [1.807, 2.05) is 6.92 Å². The summed E-state index contributed by atoms with van der Waals surface area (Å²) in [5.41, 5.74) is 1.17. The lowest BCUT2D eigenvalue weighted by atomic mass is 10.2. The van der Waals surface area contributed by atoms with Crippen LogP contribution in [0.4, 0.5) is 11.4 Å². The van der Waals surface area contributed by atoms with Gasteiger partial charge in [-0.25, -0.2) is 4.79 Å². The molecule has 2 aromatic carbocycles. The first-order valence-corrected chi connectivity index (χ1v) is 11.9. The lowest BCUT2D eigenvalue weighted by Gasteiger charge is -2.10. The number of amides is 2. The van der Waals surface area contributed by atoms with Crippen molar-refractivity contribution >= 4 is 52.5 Å². The third kappa shape index (κ3) is 6.96. The van der Waals surface area contributed by atoms with E-state index in [2.05, 4.69) is 25.6 Å². The van der Waals surface area contributed by atoms with Crippen molar-refractivity contribution in [2.75, 3.05) is 30.6 Å². The average molecular weight is 518 g/mol. The van der Waals surface area contributed by atoms with Gasteiger partial charge in [-0.15, -0.1) is 10.2 Å². The van der Waals surface area contributed by atoms with E-state index in [9.17, 15) is 14.4 Å². The summed E-state index contributed by atoms with van der Waals surface area (Å²) in [5, 5.41) is 14.5. The van der Waals surface area contributed by atoms with E-state index in [1.165, 1.54) is 37.1 Å². The largest absolute Gasteiger partial charge is 0.497 e. The van der Waals surface area contributed by atoms with Gasteiger partial charge in [-0.1, -0.05) is 29.4 Å². The number of carbonyl (C=O) groups excluding carboxylic acids is 3. The number of thioether (sulfide) groups is 1. The second kappa shape index (κ2) is 12.2. The van der Waals surface area contributed by atoms with E-state index in [4.69, 9.17) is 16.3 Å². The molecule has 0 radical (unpaired) electrons. The van der Waals surface area contributed by atoms with Crippen molar-refractivity contribution in [2.45, 2.75) is 25.0 Å². The maximum atomic E-state index is 12.5. The molecule has 0 aliphatic carbocycles. The molecule has 1 aromatic heterocycles. The van der Waals surface area contributed by atoms with Gasteiger partial charge in [0.1, 0.15) is 11.6 Å². The summed E-state index contributed by atoms with van der Waals surface area (Å²) in [5.74, 6) is -0.00550. The van der Waals surface area contributed by atoms with Crippen molar-refractivity contribution in [2.24, 2.45) is 0 Å². The third-order valence-electron chi connectivity index (χ3n) is 4.78. The Morgan fingerprint density at radius 2 is 1.86 bits per heavy atom. The van der Waals surface area contributed by atoms with Crippen LogP contribution in [0.15, 0.2) is 47.6 Å². The van der Waals surface area contributed by atoms with Gasteiger partial charge in [-0.2, -0.15) is 0 Å². The Hall–Kier alpha value is -3.57. The summed E-state index contributed by atoms with van der Waals surface area (Å²) in [4.78, 5) is 36.7. The van der Waals surface area contributed by atoms with Gasteiger partial charge in [0.25, 0.3) is 0 Å². The number of ether oxygens (including phenoxy) is 2. The average Bonchev–Trinajstić information content (AvgIpc) is 3.24. The topological polar surface area (TPSA) is 124 Å². The van der Waals surface area contributed by atoms with Gasteiger partial charge in [-0.3, -0.25) is 9.59 Å². The van der Waals surface area contributed by atoms with Crippen molar-refractivity contribution in [1.29, 1.82) is 0 Å². The molecule has 2 N–H and O–H groups in total. The minimum atomic E-state index is -0.537. The molecule has 0 atom stereocenters. The summed E-state index contributed by atoms with van der Waals surface area (Å²) >= 11 is 7.31. The summed E-state index contributed by atoms with van der Waals surface area (Å²) in [6.07, 6.45) is 0.0146. The fourth-order valence-corrected chi connectivity index (χ4v) is 4.09. The zero-order valence-electron chi connectivity index (χ0n) is 19.3. The van der Waals surface area contributed by atoms with Crippen molar-refractivity contribution in [3.63, 3.8) is 0 Å². The second-order valence-corrected chi connectivity index (χ2v) is 8.47. The van der Waals surface area contributed by atoms with Gasteiger partial charge in [0.05, 0.1) is 42.7 Å². The molecule has 184 valence electrons. The van der Waals surface area contributed by atoms with Crippen LogP contribution >= 0.6 is 23.4 Å². The van der Waals surface area contributed by atoms with Crippen LogP contribution in [0.2, 0.25) is 5.02 Å². The SMILES string of the molecule is CCn1c(CC(=O)Nc2cccc(OC)c2)nnc1SCC(=O)Nc1cc(C(=O)OC)ccc1Cl. The number of benzene rings is 2. The molecule has 0 aliphatic heterocycles. The maximum absolute atomic E-state index is 12.5. The van der Waals surface area contributed by atoms with Crippen LogP contribution in [0, 0.1) is 0 Å². The number of methoxy groups -OCH3 is 2. The third-order valence-corrected chi connectivity index (χ3v) is 6.07. The van der Waals surface area contributed by atoms with Crippen molar-refractivity contribution < 1.29 is 23.9 Å². The summed E-state index contributed by atoms with van der Waals surface area (Å²) in [6, 6.07) is 11.5. The molecule has 0 spiro atoms. The van der Waals surface area contributed by atoms with Crippen LogP contribution in [0.1, 0.15) is 23.1 Å². The molecule has 12 heteroatoms. The molecule has 0 unspecified atom stereocenters. The van der Waals surface area contributed by atoms with E-state index >= 15 is 0 Å². The molecule has 2 amide bonds. The molecular weight excluding hydrogens is 494 g/mol. The number of hydrogen-bond donors (Lipinski definition) is 2. The summed E-state index contributed by atoms with van der Waals surface area (Å²) < 4.78 is 11.6. The minimum Gasteiger partial charge on any atom is -0.497 e. The first-order valence-electron chi connectivity index (χ1n) is 10.5. The number of hydrogen-bond acceptors (Lipinski definition) is 8. The Morgan fingerprint density at radius 1 is 1.06 bits per heavy atom. The first-order chi connectivity index (χ1) is 16.8. The number of rotatable bonds is 10. The number of nitrogens with one attached hydrogen (secondary N) is 2. The molecule has 0 saturated heterocycles. The first kappa shape index (κ1) is 26.0. The molecule has 0 aliphatic rings. The van der Waals surface area contributed by atoms with Crippen LogP contribution in [0.25, 0.3) is 0 Å². The number of anilines is 2. The summed E-state index contributed by atoms with van der Waals surface area (Å²) in [7, 11) is 2.82. The number of aromatic nitrogens is 3. The molecule has 10 nitrogen and oxygen atoms in total. The Kier molecular flexibility index (Phi) is 9.10. The predicted molar refractivity (Wildman–Crippen MR) is 133 cm³/mol. The zero-order valence-corrected chi connectivity index (χ0v) is 20.9. The molecule has 3 aromatic rings.